The van der Waals surface area contributed by atoms with Crippen molar-refractivity contribution in [2.24, 2.45) is 11.7 Å². The molecule has 2 N–H and O–H groups in total. The van der Waals surface area contributed by atoms with Gasteiger partial charge in [0.15, 0.2) is 0 Å². The van der Waals surface area contributed by atoms with Gasteiger partial charge in [-0.3, -0.25) is 0 Å². The monoisotopic (exact) mass is 291 g/mol. The van der Waals surface area contributed by atoms with Gasteiger partial charge in [-0.2, -0.15) is 8.78 Å². The predicted octanol–water partition coefficient (Wildman–Crippen LogP) is 4.29. The highest BCUT2D eigenvalue weighted by atomic mass is 35.5. The van der Waals surface area contributed by atoms with Gasteiger partial charge in [0.1, 0.15) is 5.75 Å². The van der Waals surface area contributed by atoms with E-state index in [9.17, 15) is 8.78 Å². The topological polar surface area (TPSA) is 35.2 Å². The number of hydrogen-bond donors (Lipinski definition) is 1. The third-order valence-electron chi connectivity index (χ3n) is 3.63. The Labute approximate surface area is 118 Å². The van der Waals surface area contributed by atoms with E-state index in [4.69, 9.17) is 5.73 Å². The van der Waals surface area contributed by atoms with Gasteiger partial charge in [0.2, 0.25) is 0 Å². The lowest BCUT2D eigenvalue weighted by Gasteiger charge is -2.27. The second-order valence-corrected chi connectivity index (χ2v) is 4.87. The van der Waals surface area contributed by atoms with Crippen LogP contribution in [0.4, 0.5) is 8.78 Å². The SMILES string of the molecule is Cl.N[C@H](c1cccc(OC(F)F)c1)C1CCCCC1. The molecule has 1 aliphatic rings. The highest BCUT2D eigenvalue weighted by Crippen LogP contribution is 2.33. The number of nitrogens with two attached hydrogens (primary N) is 1. The van der Waals surface area contributed by atoms with Crippen LogP contribution in [0.3, 0.4) is 0 Å². The van der Waals surface area contributed by atoms with Crippen LogP contribution in [0.15, 0.2) is 24.3 Å². The summed E-state index contributed by atoms with van der Waals surface area (Å²) >= 11 is 0. The minimum atomic E-state index is -2.79. The Balaban J connectivity index is 0.00000180. The molecule has 0 radical (unpaired) electrons. The zero-order valence-electron chi connectivity index (χ0n) is 10.7. The van der Waals surface area contributed by atoms with E-state index < -0.39 is 6.61 Å². The summed E-state index contributed by atoms with van der Waals surface area (Å²) in [6.07, 6.45) is 5.96. The van der Waals surface area contributed by atoms with Crippen LogP contribution in [0.25, 0.3) is 0 Å². The van der Waals surface area contributed by atoms with Crippen molar-refractivity contribution >= 4 is 12.4 Å². The van der Waals surface area contributed by atoms with Crippen molar-refractivity contribution in [3.8, 4) is 5.75 Å². The van der Waals surface area contributed by atoms with E-state index in [1.165, 1.54) is 25.3 Å². The Morgan fingerprint density at radius 1 is 1.16 bits per heavy atom. The maximum Gasteiger partial charge on any atom is 0.387 e. The van der Waals surface area contributed by atoms with Gasteiger partial charge < -0.3 is 10.5 Å². The first-order chi connectivity index (χ1) is 8.66. The smallest absolute Gasteiger partial charge is 0.387 e. The molecule has 108 valence electrons. The Morgan fingerprint density at radius 2 is 1.84 bits per heavy atom. The fourth-order valence-corrected chi connectivity index (χ4v) is 2.66. The maximum absolute atomic E-state index is 12.2. The molecule has 19 heavy (non-hydrogen) atoms. The van der Waals surface area contributed by atoms with Crippen LogP contribution in [0.2, 0.25) is 0 Å². The number of alkyl halides is 2. The Bertz CT molecular complexity index is 383. The van der Waals surface area contributed by atoms with Crippen molar-refractivity contribution in [1.82, 2.24) is 0 Å². The average Bonchev–Trinajstić information content (AvgIpc) is 2.38. The molecule has 1 atom stereocenters. The summed E-state index contributed by atoms with van der Waals surface area (Å²) in [4.78, 5) is 0. The van der Waals surface area contributed by atoms with Gasteiger partial charge in [0, 0.05) is 6.04 Å². The van der Waals surface area contributed by atoms with Crippen molar-refractivity contribution in [3.63, 3.8) is 0 Å². The molecule has 0 heterocycles. The molecule has 2 nitrogen and oxygen atoms in total. The van der Waals surface area contributed by atoms with Gasteiger partial charge in [-0.1, -0.05) is 31.4 Å². The summed E-state index contributed by atoms with van der Waals surface area (Å²) < 4.78 is 28.7. The molecule has 0 amide bonds. The van der Waals surface area contributed by atoms with Gasteiger partial charge in [-0.15, -0.1) is 12.4 Å². The van der Waals surface area contributed by atoms with Gasteiger partial charge in [0.25, 0.3) is 0 Å². The van der Waals surface area contributed by atoms with Crippen LogP contribution in [-0.4, -0.2) is 6.61 Å². The molecule has 1 fully saturated rings. The standard InChI is InChI=1S/C14H19F2NO.ClH/c15-14(16)18-12-8-4-7-11(9-12)13(17)10-5-2-1-3-6-10;/h4,7-10,13-14H,1-3,5-6,17H2;1H/t13-;/m0./s1. The number of rotatable bonds is 4. The fourth-order valence-electron chi connectivity index (χ4n) is 2.66. The van der Waals surface area contributed by atoms with Crippen molar-refractivity contribution in [1.29, 1.82) is 0 Å². The third kappa shape index (κ3) is 4.62. The van der Waals surface area contributed by atoms with E-state index in [0.717, 1.165) is 18.4 Å². The first kappa shape index (κ1) is 16.2. The summed E-state index contributed by atoms with van der Waals surface area (Å²) in [6, 6.07) is 6.69. The average molecular weight is 292 g/mol. The van der Waals surface area contributed by atoms with Crippen LogP contribution < -0.4 is 10.5 Å². The minimum Gasteiger partial charge on any atom is -0.435 e. The molecule has 1 aromatic carbocycles. The molecule has 0 aromatic heterocycles. The summed E-state index contributed by atoms with van der Waals surface area (Å²) in [5, 5.41) is 0. The van der Waals surface area contributed by atoms with Gasteiger partial charge >= 0.3 is 6.61 Å². The van der Waals surface area contributed by atoms with Crippen LogP contribution in [0.1, 0.15) is 43.7 Å². The first-order valence-corrected chi connectivity index (χ1v) is 6.47. The van der Waals surface area contributed by atoms with Crippen molar-refractivity contribution in [2.45, 2.75) is 44.8 Å². The van der Waals surface area contributed by atoms with Crippen molar-refractivity contribution in [2.75, 3.05) is 0 Å². The van der Waals surface area contributed by atoms with E-state index in [1.807, 2.05) is 6.07 Å². The number of halogens is 3. The third-order valence-corrected chi connectivity index (χ3v) is 3.63. The van der Waals surface area contributed by atoms with Gasteiger partial charge in [-0.25, -0.2) is 0 Å². The Morgan fingerprint density at radius 3 is 2.47 bits per heavy atom. The lowest BCUT2D eigenvalue weighted by Crippen LogP contribution is -2.23. The second kappa shape index (κ2) is 7.65. The van der Waals surface area contributed by atoms with Crippen LogP contribution in [0, 0.1) is 5.92 Å². The summed E-state index contributed by atoms with van der Waals surface area (Å²) in [5.74, 6) is 0.648. The van der Waals surface area contributed by atoms with Crippen LogP contribution in [-0.2, 0) is 0 Å². The van der Waals surface area contributed by atoms with Crippen LogP contribution >= 0.6 is 12.4 Å². The molecular weight excluding hydrogens is 272 g/mol. The zero-order chi connectivity index (χ0) is 13.0. The van der Waals surface area contributed by atoms with Crippen molar-refractivity contribution < 1.29 is 13.5 Å². The Kier molecular flexibility index (Phi) is 6.52. The molecule has 0 saturated heterocycles. The molecule has 1 aliphatic carbocycles. The molecule has 0 aliphatic heterocycles. The van der Waals surface area contributed by atoms with Crippen molar-refractivity contribution in [3.05, 3.63) is 29.8 Å². The van der Waals surface area contributed by atoms with Gasteiger partial charge in [0.05, 0.1) is 0 Å². The van der Waals surface area contributed by atoms with Crippen LogP contribution in [0.5, 0.6) is 5.75 Å². The quantitative estimate of drug-likeness (QED) is 0.898. The molecule has 1 saturated carbocycles. The van der Waals surface area contributed by atoms with E-state index in [-0.39, 0.29) is 24.2 Å². The zero-order valence-corrected chi connectivity index (χ0v) is 11.5. The molecule has 0 spiro atoms. The van der Waals surface area contributed by atoms with E-state index in [2.05, 4.69) is 4.74 Å². The highest BCUT2D eigenvalue weighted by molar-refractivity contribution is 5.85. The van der Waals surface area contributed by atoms with E-state index >= 15 is 0 Å². The first-order valence-electron chi connectivity index (χ1n) is 6.47. The molecule has 2 rings (SSSR count). The molecular formula is C14H20ClF2NO. The molecule has 0 unspecified atom stereocenters. The molecule has 5 heteroatoms. The summed E-state index contributed by atoms with van der Waals surface area (Å²) in [7, 11) is 0. The summed E-state index contributed by atoms with van der Waals surface area (Å²) in [6.45, 7) is -2.79. The number of ether oxygens (including phenoxy) is 1. The maximum atomic E-state index is 12.2. The fraction of sp³-hybridized carbons (Fsp3) is 0.571. The number of hydrogen-bond acceptors (Lipinski definition) is 2. The predicted molar refractivity (Wildman–Crippen MR) is 73.8 cm³/mol. The lowest BCUT2D eigenvalue weighted by atomic mass is 9.81. The van der Waals surface area contributed by atoms with E-state index in [1.54, 1.807) is 12.1 Å². The van der Waals surface area contributed by atoms with Gasteiger partial charge in [-0.05, 0) is 36.5 Å². The molecule has 1 aromatic rings. The second-order valence-electron chi connectivity index (χ2n) is 4.87. The highest BCUT2D eigenvalue weighted by Gasteiger charge is 2.22. The summed E-state index contributed by atoms with van der Waals surface area (Å²) in [5.41, 5.74) is 7.12. The van der Waals surface area contributed by atoms with E-state index in [0.29, 0.717) is 5.92 Å². The normalized spacial score (nSPS) is 17.9. The largest absolute Gasteiger partial charge is 0.435 e. The minimum absolute atomic E-state index is 0. The lowest BCUT2D eigenvalue weighted by molar-refractivity contribution is -0.0499. The number of benzene rings is 1. The Hall–Kier alpha value is -0.870. The molecule has 0 bridgehead atoms.